The summed E-state index contributed by atoms with van der Waals surface area (Å²) in [5.41, 5.74) is -0.0603. The minimum atomic E-state index is -4.51. The summed E-state index contributed by atoms with van der Waals surface area (Å²) >= 11 is 0. The molecule has 13 heteroatoms. The molecule has 2 aliphatic rings. The maximum absolute atomic E-state index is 14.7. The van der Waals surface area contributed by atoms with E-state index in [2.05, 4.69) is 22.1 Å². The number of ether oxygens (including phenoxy) is 2. The van der Waals surface area contributed by atoms with Crippen molar-refractivity contribution in [2.45, 2.75) is 36.4 Å². The molecule has 0 radical (unpaired) electrons. The lowest BCUT2D eigenvalue weighted by molar-refractivity contribution is 0.0899. The van der Waals surface area contributed by atoms with Crippen molar-refractivity contribution in [1.29, 1.82) is 0 Å². The zero-order valence-corrected chi connectivity index (χ0v) is 24.3. The first kappa shape index (κ1) is 28.9. The standard InChI is InChI=1S/C30H29F2N5O5S/c1-17-15-37(16-25(17)41-2)28-5-3-4-22(36-28)23-7-6-18-13-33-20(12-24(18)35-23)14-34-30(38)19-10-21(31)29-26(11-19)43(39,40)27(32)8-9-42-29/h3-7,10-13,17,25,27H,8-9,14-16H2,1-2H3,(H,34,38)/t17-,25-,27+/m0/s1. The van der Waals surface area contributed by atoms with E-state index < -0.39 is 44.1 Å². The topological polar surface area (TPSA) is 124 Å². The van der Waals surface area contributed by atoms with Crippen LogP contribution in [-0.4, -0.2) is 67.7 Å². The van der Waals surface area contributed by atoms with Crippen LogP contribution in [-0.2, 0) is 21.1 Å². The summed E-state index contributed by atoms with van der Waals surface area (Å²) in [5, 5.41) is 3.39. The van der Waals surface area contributed by atoms with Crippen LogP contribution in [0.25, 0.3) is 22.3 Å². The van der Waals surface area contributed by atoms with Gasteiger partial charge in [-0.3, -0.25) is 9.78 Å². The Hall–Kier alpha value is -4.23. The third kappa shape index (κ3) is 5.62. The summed E-state index contributed by atoms with van der Waals surface area (Å²) in [4.78, 5) is 28.4. The molecule has 1 aromatic carbocycles. The molecule has 0 bridgehead atoms. The molecule has 1 amide bonds. The van der Waals surface area contributed by atoms with E-state index in [1.54, 1.807) is 19.4 Å². The molecule has 0 saturated carbocycles. The number of halogens is 2. The molecule has 6 rings (SSSR count). The normalized spacial score (nSPS) is 21.2. The number of sulfone groups is 1. The molecule has 3 atom stereocenters. The maximum atomic E-state index is 14.7. The molecule has 1 fully saturated rings. The monoisotopic (exact) mass is 609 g/mol. The maximum Gasteiger partial charge on any atom is 0.251 e. The van der Waals surface area contributed by atoms with Gasteiger partial charge < -0.3 is 19.7 Å². The molecule has 4 aromatic rings. The molecule has 0 spiro atoms. The number of methoxy groups -OCH3 is 1. The van der Waals surface area contributed by atoms with Gasteiger partial charge in [0.05, 0.1) is 41.9 Å². The van der Waals surface area contributed by atoms with Gasteiger partial charge in [-0.25, -0.2) is 27.2 Å². The van der Waals surface area contributed by atoms with Gasteiger partial charge in [-0.2, -0.15) is 0 Å². The predicted octanol–water partition coefficient (Wildman–Crippen LogP) is 4.08. The molecule has 224 valence electrons. The molecular formula is C30H29F2N5O5S. The van der Waals surface area contributed by atoms with E-state index in [-0.39, 0.29) is 24.8 Å². The quantitative estimate of drug-likeness (QED) is 0.344. The zero-order chi connectivity index (χ0) is 30.3. The van der Waals surface area contributed by atoms with Gasteiger partial charge in [-0.15, -0.1) is 0 Å². The Kier molecular flexibility index (Phi) is 7.69. The van der Waals surface area contributed by atoms with E-state index in [1.165, 1.54) is 0 Å². The van der Waals surface area contributed by atoms with Gasteiger partial charge in [0.15, 0.2) is 11.6 Å². The zero-order valence-electron chi connectivity index (χ0n) is 23.5. The number of carbonyl (C=O) groups is 1. The predicted molar refractivity (Wildman–Crippen MR) is 155 cm³/mol. The Bertz CT molecular complexity index is 1820. The summed E-state index contributed by atoms with van der Waals surface area (Å²) in [7, 11) is -2.79. The Morgan fingerprint density at radius 2 is 1.95 bits per heavy atom. The van der Waals surface area contributed by atoms with Crippen LogP contribution in [0.5, 0.6) is 5.75 Å². The van der Waals surface area contributed by atoms with Crippen molar-refractivity contribution in [2.75, 3.05) is 31.7 Å². The largest absolute Gasteiger partial charge is 0.489 e. The van der Waals surface area contributed by atoms with Crippen LogP contribution in [0.3, 0.4) is 0 Å². The van der Waals surface area contributed by atoms with Crippen molar-refractivity contribution >= 4 is 32.5 Å². The number of hydrogen-bond donors (Lipinski definition) is 1. The minimum absolute atomic E-state index is 0.0457. The lowest BCUT2D eigenvalue weighted by Gasteiger charge is -2.17. The van der Waals surface area contributed by atoms with Gasteiger partial charge >= 0.3 is 0 Å². The molecule has 3 aromatic heterocycles. The fourth-order valence-electron chi connectivity index (χ4n) is 5.34. The molecule has 10 nitrogen and oxygen atoms in total. The van der Waals surface area contributed by atoms with Crippen LogP contribution < -0.4 is 15.0 Å². The lowest BCUT2D eigenvalue weighted by atomic mass is 10.1. The fraction of sp³-hybridized carbons (Fsp3) is 0.333. The second-order valence-corrected chi connectivity index (χ2v) is 12.7. The van der Waals surface area contributed by atoms with E-state index in [0.717, 1.165) is 36.4 Å². The first-order chi connectivity index (χ1) is 20.6. The van der Waals surface area contributed by atoms with Gasteiger partial charge in [0, 0.05) is 49.7 Å². The highest BCUT2D eigenvalue weighted by atomic mass is 32.2. The van der Waals surface area contributed by atoms with E-state index in [0.29, 0.717) is 28.5 Å². The third-order valence-electron chi connectivity index (χ3n) is 7.73. The van der Waals surface area contributed by atoms with E-state index >= 15 is 0 Å². The average Bonchev–Trinajstić information content (AvgIpc) is 3.35. The number of fused-ring (bicyclic) bond motifs is 2. The van der Waals surface area contributed by atoms with Gasteiger partial charge in [0.25, 0.3) is 5.91 Å². The van der Waals surface area contributed by atoms with Crippen molar-refractivity contribution in [1.82, 2.24) is 20.3 Å². The van der Waals surface area contributed by atoms with E-state index in [9.17, 15) is 22.0 Å². The number of hydrogen-bond acceptors (Lipinski definition) is 9. The number of anilines is 1. The Balaban J connectivity index is 1.20. The van der Waals surface area contributed by atoms with Crippen molar-refractivity contribution < 1.29 is 31.5 Å². The van der Waals surface area contributed by atoms with Gasteiger partial charge in [-0.1, -0.05) is 13.0 Å². The van der Waals surface area contributed by atoms with Crippen LogP contribution in [0.1, 0.15) is 29.4 Å². The smallest absolute Gasteiger partial charge is 0.251 e. The van der Waals surface area contributed by atoms with Crippen LogP contribution in [0.4, 0.5) is 14.6 Å². The number of nitrogens with one attached hydrogen (secondary N) is 1. The number of carbonyl (C=O) groups excluding carboxylic acids is 1. The number of rotatable bonds is 6. The highest BCUT2D eigenvalue weighted by Gasteiger charge is 2.36. The lowest BCUT2D eigenvalue weighted by Crippen LogP contribution is -2.24. The van der Waals surface area contributed by atoms with Crippen molar-refractivity contribution in [3.05, 3.63) is 71.8 Å². The van der Waals surface area contributed by atoms with Crippen LogP contribution in [0.15, 0.2) is 59.6 Å². The van der Waals surface area contributed by atoms with E-state index in [4.69, 9.17) is 19.4 Å². The van der Waals surface area contributed by atoms with E-state index in [1.807, 2.05) is 30.3 Å². The first-order valence-electron chi connectivity index (χ1n) is 13.8. The molecule has 0 aliphatic carbocycles. The molecule has 5 heterocycles. The van der Waals surface area contributed by atoms with Crippen molar-refractivity contribution in [3.8, 4) is 17.1 Å². The van der Waals surface area contributed by atoms with Crippen LogP contribution >= 0.6 is 0 Å². The summed E-state index contributed by atoms with van der Waals surface area (Å²) in [6.45, 7) is 3.42. The van der Waals surface area contributed by atoms with Crippen LogP contribution in [0.2, 0.25) is 0 Å². The highest BCUT2D eigenvalue weighted by Crippen LogP contribution is 2.35. The Morgan fingerprint density at radius 3 is 2.74 bits per heavy atom. The van der Waals surface area contributed by atoms with Crippen molar-refractivity contribution in [2.24, 2.45) is 5.92 Å². The molecule has 43 heavy (non-hydrogen) atoms. The molecule has 2 aliphatic heterocycles. The molecule has 1 N–H and O–H groups in total. The van der Waals surface area contributed by atoms with Gasteiger partial charge in [-0.05, 0) is 42.5 Å². The number of alkyl halides is 1. The number of aromatic nitrogens is 3. The number of benzene rings is 1. The summed E-state index contributed by atoms with van der Waals surface area (Å²) in [5.74, 6) is -1.16. The Morgan fingerprint density at radius 1 is 1.14 bits per heavy atom. The fourth-order valence-corrected chi connectivity index (χ4v) is 6.73. The average molecular weight is 610 g/mol. The third-order valence-corrected chi connectivity index (χ3v) is 9.56. The van der Waals surface area contributed by atoms with Gasteiger partial charge in [0.1, 0.15) is 10.7 Å². The number of pyridine rings is 3. The summed E-state index contributed by atoms with van der Waals surface area (Å²) < 4.78 is 64.7. The van der Waals surface area contributed by atoms with Crippen molar-refractivity contribution in [3.63, 3.8) is 0 Å². The Labute approximate surface area is 247 Å². The molecule has 1 saturated heterocycles. The second kappa shape index (κ2) is 11.5. The van der Waals surface area contributed by atoms with Crippen LogP contribution in [0, 0.1) is 11.7 Å². The minimum Gasteiger partial charge on any atom is -0.489 e. The summed E-state index contributed by atoms with van der Waals surface area (Å²) in [6, 6.07) is 13.1. The van der Waals surface area contributed by atoms with Gasteiger partial charge in [0.2, 0.25) is 15.3 Å². The molecular weight excluding hydrogens is 580 g/mol. The number of amides is 1. The SMILES string of the molecule is CO[C@H]1CN(c2cccc(-c3ccc4cnc(CNC(=O)c5cc(F)c6c(c5)S(=O)(=O)[C@@H](F)CCO6)cc4n3)n2)C[C@@H]1C. The highest BCUT2D eigenvalue weighted by molar-refractivity contribution is 7.92. The summed E-state index contributed by atoms with van der Waals surface area (Å²) in [6.07, 6.45) is 1.34. The first-order valence-corrected chi connectivity index (χ1v) is 15.3. The molecule has 0 unspecified atom stereocenters. The number of nitrogens with zero attached hydrogens (tertiary/aromatic N) is 4. The second-order valence-electron chi connectivity index (χ2n) is 10.7.